The predicted octanol–water partition coefficient (Wildman–Crippen LogP) is 2.58. The van der Waals surface area contributed by atoms with Gasteiger partial charge in [-0.15, -0.1) is 0 Å². The topological polar surface area (TPSA) is 21.3 Å². The summed E-state index contributed by atoms with van der Waals surface area (Å²) >= 11 is 0. The Morgan fingerprint density at radius 2 is 1.93 bits per heavy atom. The smallest absolute Gasteiger partial charge is 0.0664 e. The fourth-order valence-electron chi connectivity index (χ4n) is 2.87. The Labute approximate surface area is 88.4 Å². The molecule has 0 saturated heterocycles. The van der Waals surface area contributed by atoms with Gasteiger partial charge in [-0.3, -0.25) is 0 Å². The molecule has 0 aromatic carbocycles. The Balaban J connectivity index is 2.62. The fourth-order valence-corrected chi connectivity index (χ4v) is 2.87. The van der Waals surface area contributed by atoms with Gasteiger partial charge in [0.2, 0.25) is 0 Å². The summed E-state index contributed by atoms with van der Waals surface area (Å²) in [6.45, 7) is 8.82. The van der Waals surface area contributed by atoms with Crippen LogP contribution in [0.15, 0.2) is 0 Å². The number of hydrogen-bond donors (Lipinski definition) is 1. The minimum absolute atomic E-state index is 0.357. The van der Waals surface area contributed by atoms with Crippen LogP contribution in [0.5, 0.6) is 0 Å². The van der Waals surface area contributed by atoms with Gasteiger partial charge in [-0.2, -0.15) is 0 Å². The summed E-state index contributed by atoms with van der Waals surface area (Å²) in [5, 5.41) is 3.42. The van der Waals surface area contributed by atoms with Crippen molar-refractivity contribution in [3.05, 3.63) is 0 Å². The predicted molar refractivity (Wildman–Crippen MR) is 60.5 cm³/mol. The quantitative estimate of drug-likeness (QED) is 0.735. The molecule has 0 bridgehead atoms. The lowest BCUT2D eigenvalue weighted by molar-refractivity contribution is -0.157. The van der Waals surface area contributed by atoms with Gasteiger partial charge in [0.1, 0.15) is 0 Å². The molecule has 14 heavy (non-hydrogen) atoms. The first-order chi connectivity index (χ1) is 6.60. The Hall–Kier alpha value is -0.0800. The summed E-state index contributed by atoms with van der Waals surface area (Å²) in [5.41, 5.74) is 0.388. The summed E-state index contributed by atoms with van der Waals surface area (Å²) in [6.07, 6.45) is 4.43. The van der Waals surface area contributed by atoms with Crippen molar-refractivity contribution in [1.29, 1.82) is 0 Å². The SMILES string of the molecule is CCC1(CC)C(NC)CC1OC(C)C. The third-order valence-corrected chi connectivity index (χ3v) is 3.89. The third-order valence-electron chi connectivity index (χ3n) is 3.89. The summed E-state index contributed by atoms with van der Waals surface area (Å²) in [5.74, 6) is 0. The van der Waals surface area contributed by atoms with Crippen molar-refractivity contribution in [2.45, 2.75) is 65.2 Å². The molecule has 84 valence electrons. The van der Waals surface area contributed by atoms with Crippen LogP contribution in [0.3, 0.4) is 0 Å². The van der Waals surface area contributed by atoms with Crippen LogP contribution in [0.2, 0.25) is 0 Å². The molecule has 2 unspecified atom stereocenters. The minimum atomic E-state index is 0.357. The van der Waals surface area contributed by atoms with Crippen LogP contribution in [0.1, 0.15) is 47.0 Å². The van der Waals surface area contributed by atoms with Crippen molar-refractivity contribution in [3.8, 4) is 0 Å². The normalized spacial score (nSPS) is 30.4. The van der Waals surface area contributed by atoms with E-state index in [9.17, 15) is 0 Å². The van der Waals surface area contributed by atoms with Crippen molar-refractivity contribution >= 4 is 0 Å². The van der Waals surface area contributed by atoms with E-state index >= 15 is 0 Å². The molecule has 0 aromatic rings. The molecule has 0 spiro atoms. The van der Waals surface area contributed by atoms with E-state index in [0.717, 1.165) is 0 Å². The molecule has 0 heterocycles. The van der Waals surface area contributed by atoms with Gasteiger partial charge in [-0.1, -0.05) is 13.8 Å². The molecule has 2 nitrogen and oxygen atoms in total. The number of hydrogen-bond acceptors (Lipinski definition) is 2. The Bertz CT molecular complexity index is 175. The first-order valence-electron chi connectivity index (χ1n) is 5.93. The third kappa shape index (κ3) is 1.82. The fraction of sp³-hybridized carbons (Fsp3) is 1.00. The second kappa shape index (κ2) is 4.63. The van der Waals surface area contributed by atoms with Crippen LogP contribution in [-0.2, 0) is 4.74 Å². The molecule has 0 amide bonds. The molecule has 2 heteroatoms. The van der Waals surface area contributed by atoms with Crippen molar-refractivity contribution in [2.75, 3.05) is 7.05 Å². The molecule has 1 saturated carbocycles. The second-order valence-corrected chi connectivity index (χ2v) is 4.69. The Kier molecular flexibility index (Phi) is 3.96. The van der Waals surface area contributed by atoms with Crippen LogP contribution in [0.4, 0.5) is 0 Å². The van der Waals surface area contributed by atoms with Gasteiger partial charge >= 0.3 is 0 Å². The average Bonchev–Trinajstić information content (AvgIpc) is 2.13. The van der Waals surface area contributed by atoms with Gasteiger partial charge in [-0.05, 0) is 40.2 Å². The summed E-state index contributed by atoms with van der Waals surface area (Å²) in [6, 6.07) is 0.654. The largest absolute Gasteiger partial charge is 0.375 e. The van der Waals surface area contributed by atoms with Gasteiger partial charge in [0.15, 0.2) is 0 Å². The van der Waals surface area contributed by atoms with Crippen LogP contribution in [-0.4, -0.2) is 25.3 Å². The Morgan fingerprint density at radius 3 is 2.29 bits per heavy atom. The zero-order chi connectivity index (χ0) is 10.8. The van der Waals surface area contributed by atoms with Crippen molar-refractivity contribution in [1.82, 2.24) is 5.32 Å². The minimum Gasteiger partial charge on any atom is -0.375 e. The maximum absolute atomic E-state index is 5.98. The van der Waals surface area contributed by atoms with Gasteiger partial charge in [0.05, 0.1) is 12.2 Å². The van der Waals surface area contributed by atoms with E-state index in [4.69, 9.17) is 4.74 Å². The maximum atomic E-state index is 5.98. The molecule has 1 aliphatic rings. The first-order valence-corrected chi connectivity index (χ1v) is 5.93. The summed E-state index contributed by atoms with van der Waals surface area (Å²) < 4.78 is 5.98. The molecule has 0 aromatic heterocycles. The highest BCUT2D eigenvalue weighted by Crippen LogP contribution is 2.49. The van der Waals surface area contributed by atoms with Gasteiger partial charge in [-0.25, -0.2) is 0 Å². The summed E-state index contributed by atoms with van der Waals surface area (Å²) in [7, 11) is 2.07. The highest BCUT2D eigenvalue weighted by Gasteiger charge is 2.52. The number of ether oxygens (including phenoxy) is 1. The molecule has 1 aliphatic carbocycles. The van der Waals surface area contributed by atoms with E-state index in [2.05, 4.69) is 40.1 Å². The average molecular weight is 199 g/mol. The lowest BCUT2D eigenvalue weighted by Crippen LogP contribution is -2.63. The molecule has 1 N–H and O–H groups in total. The van der Waals surface area contributed by atoms with Gasteiger partial charge in [0.25, 0.3) is 0 Å². The molecular weight excluding hydrogens is 174 g/mol. The molecule has 0 radical (unpaired) electrons. The van der Waals surface area contributed by atoms with Crippen molar-refractivity contribution in [2.24, 2.45) is 5.41 Å². The Morgan fingerprint density at radius 1 is 1.36 bits per heavy atom. The first kappa shape index (κ1) is 12.0. The van der Waals surface area contributed by atoms with E-state index < -0.39 is 0 Å². The van der Waals surface area contributed by atoms with Crippen LogP contribution < -0.4 is 5.32 Å². The molecular formula is C12H25NO. The maximum Gasteiger partial charge on any atom is 0.0664 e. The van der Waals surface area contributed by atoms with E-state index in [-0.39, 0.29) is 0 Å². The molecule has 0 aliphatic heterocycles. The van der Waals surface area contributed by atoms with Crippen molar-refractivity contribution in [3.63, 3.8) is 0 Å². The monoisotopic (exact) mass is 199 g/mol. The van der Waals surface area contributed by atoms with E-state index in [1.807, 2.05) is 0 Å². The zero-order valence-corrected chi connectivity index (χ0v) is 10.3. The van der Waals surface area contributed by atoms with E-state index in [1.165, 1.54) is 19.3 Å². The molecule has 1 rings (SSSR count). The summed E-state index contributed by atoms with van der Waals surface area (Å²) in [4.78, 5) is 0. The standard InChI is InChI=1S/C12H25NO/c1-6-12(7-2)10(13-5)8-11(12)14-9(3)4/h9-11,13H,6-8H2,1-5H3. The molecule has 2 atom stereocenters. The van der Waals surface area contributed by atoms with E-state index in [1.54, 1.807) is 0 Å². The van der Waals surface area contributed by atoms with E-state index in [0.29, 0.717) is 23.7 Å². The van der Waals surface area contributed by atoms with Crippen LogP contribution >= 0.6 is 0 Å². The second-order valence-electron chi connectivity index (χ2n) is 4.69. The van der Waals surface area contributed by atoms with Crippen molar-refractivity contribution < 1.29 is 4.74 Å². The van der Waals surface area contributed by atoms with Crippen LogP contribution in [0.25, 0.3) is 0 Å². The number of rotatable bonds is 5. The lowest BCUT2D eigenvalue weighted by Gasteiger charge is -2.55. The molecule has 1 fully saturated rings. The van der Waals surface area contributed by atoms with Gasteiger partial charge in [0, 0.05) is 11.5 Å². The van der Waals surface area contributed by atoms with Crippen LogP contribution in [0, 0.1) is 5.41 Å². The zero-order valence-electron chi connectivity index (χ0n) is 10.3. The highest BCUT2D eigenvalue weighted by molar-refractivity contribution is 5.06. The highest BCUT2D eigenvalue weighted by atomic mass is 16.5. The number of nitrogens with one attached hydrogen (secondary N) is 1. The van der Waals surface area contributed by atoms with Gasteiger partial charge < -0.3 is 10.1 Å². The lowest BCUT2D eigenvalue weighted by atomic mass is 9.58.